The third-order valence-corrected chi connectivity index (χ3v) is 6.20. The molecule has 2 atom stereocenters. The second-order valence-corrected chi connectivity index (χ2v) is 10.7. The number of nitrogens with zero attached hydrogens (tertiary/aromatic N) is 3. The van der Waals surface area contributed by atoms with E-state index in [1.807, 2.05) is 69.6 Å². The van der Waals surface area contributed by atoms with Gasteiger partial charge in [0.05, 0.1) is 35.8 Å². The molecule has 2 aromatic heterocycles. The predicted octanol–water partition coefficient (Wildman–Crippen LogP) is 3.97. The zero-order valence-corrected chi connectivity index (χ0v) is 23.3. The molecule has 2 amide bonds. The van der Waals surface area contributed by atoms with Gasteiger partial charge in [-0.15, -0.1) is 0 Å². The highest BCUT2D eigenvalue weighted by atomic mass is 16.6. The lowest BCUT2D eigenvalue weighted by Gasteiger charge is -2.25. The van der Waals surface area contributed by atoms with Crippen LogP contribution < -0.4 is 16.0 Å². The number of aromatic nitrogens is 3. The molecule has 4 rings (SSSR count). The van der Waals surface area contributed by atoms with Gasteiger partial charge in [-0.05, 0) is 53.7 Å². The molecule has 0 bridgehead atoms. The number of hydrogen-bond donors (Lipinski definition) is 3. The Bertz CT molecular complexity index is 1390. The Morgan fingerprint density at radius 2 is 2.03 bits per heavy atom. The van der Waals surface area contributed by atoms with E-state index >= 15 is 0 Å². The van der Waals surface area contributed by atoms with Gasteiger partial charge in [0.25, 0.3) is 5.91 Å². The largest absolute Gasteiger partial charge is 0.466 e. The van der Waals surface area contributed by atoms with Gasteiger partial charge < -0.3 is 30.0 Å². The number of nitrogens with one attached hydrogen (secondary N) is 3. The van der Waals surface area contributed by atoms with Gasteiger partial charge in [-0.25, -0.2) is 14.8 Å². The van der Waals surface area contributed by atoms with E-state index in [1.54, 1.807) is 6.92 Å². The third-order valence-electron chi connectivity index (χ3n) is 6.20. The minimum atomic E-state index is -0.574. The molecular weight excluding hydrogens is 500 g/mol. The molecule has 3 heterocycles. The number of esters is 1. The van der Waals surface area contributed by atoms with E-state index in [0.29, 0.717) is 47.9 Å². The van der Waals surface area contributed by atoms with Crippen LogP contribution in [-0.4, -0.2) is 63.8 Å². The maximum atomic E-state index is 12.6. The van der Waals surface area contributed by atoms with Crippen molar-refractivity contribution in [3.8, 4) is 11.1 Å². The number of rotatable bonds is 8. The van der Waals surface area contributed by atoms with Crippen molar-refractivity contribution in [3.63, 3.8) is 0 Å². The smallest absolute Gasteiger partial charge is 0.407 e. The van der Waals surface area contributed by atoms with Crippen LogP contribution in [-0.2, 0) is 14.3 Å². The van der Waals surface area contributed by atoms with Crippen molar-refractivity contribution in [3.05, 3.63) is 41.9 Å². The fourth-order valence-corrected chi connectivity index (χ4v) is 4.46. The zero-order chi connectivity index (χ0) is 28.3. The first-order valence-corrected chi connectivity index (χ1v) is 13.1. The van der Waals surface area contributed by atoms with Crippen LogP contribution in [0.2, 0.25) is 0 Å². The van der Waals surface area contributed by atoms with Crippen LogP contribution in [0.5, 0.6) is 0 Å². The van der Waals surface area contributed by atoms with Crippen molar-refractivity contribution in [2.24, 2.45) is 0 Å². The Balaban J connectivity index is 1.60. The van der Waals surface area contributed by atoms with Crippen LogP contribution in [0.25, 0.3) is 22.2 Å². The van der Waals surface area contributed by atoms with Crippen LogP contribution in [0.4, 0.5) is 10.6 Å². The number of para-hydroxylation sites is 1. The van der Waals surface area contributed by atoms with Gasteiger partial charge in [0.2, 0.25) is 0 Å². The first-order chi connectivity index (χ1) is 18.4. The maximum Gasteiger partial charge on any atom is 0.407 e. The number of benzene rings is 1. The number of carbonyl (C=O) groups is 3. The summed E-state index contributed by atoms with van der Waals surface area (Å²) in [5.74, 6) is 0.0879. The SMILES string of the molecule is CCOC(=O)CC1CNC(=O)c2cc(-c3cccc4nc(C)c(N[C@H](C)CNC(=O)OC(C)(C)C)nc34)cn21. The van der Waals surface area contributed by atoms with Crippen molar-refractivity contribution in [1.29, 1.82) is 0 Å². The van der Waals surface area contributed by atoms with E-state index in [4.69, 9.17) is 19.4 Å². The first kappa shape index (κ1) is 27.9. The zero-order valence-electron chi connectivity index (χ0n) is 23.3. The van der Waals surface area contributed by atoms with E-state index in [1.165, 1.54) is 0 Å². The summed E-state index contributed by atoms with van der Waals surface area (Å²) < 4.78 is 12.3. The topological polar surface area (TPSA) is 136 Å². The molecule has 3 N–H and O–H groups in total. The van der Waals surface area contributed by atoms with Gasteiger partial charge in [-0.2, -0.15) is 0 Å². The second-order valence-electron chi connectivity index (χ2n) is 10.7. The molecule has 39 heavy (non-hydrogen) atoms. The lowest BCUT2D eigenvalue weighted by atomic mass is 10.1. The molecular formula is C28H36N6O5. The van der Waals surface area contributed by atoms with Gasteiger partial charge in [0.1, 0.15) is 17.1 Å². The Morgan fingerprint density at radius 3 is 2.74 bits per heavy atom. The molecule has 208 valence electrons. The summed E-state index contributed by atoms with van der Waals surface area (Å²) in [6.07, 6.45) is 1.56. The summed E-state index contributed by atoms with van der Waals surface area (Å²) in [7, 11) is 0. The van der Waals surface area contributed by atoms with Gasteiger partial charge >= 0.3 is 12.1 Å². The fourth-order valence-electron chi connectivity index (χ4n) is 4.46. The van der Waals surface area contributed by atoms with Crippen LogP contribution in [0, 0.1) is 6.92 Å². The highest BCUT2D eigenvalue weighted by Gasteiger charge is 2.28. The number of aryl methyl sites for hydroxylation is 1. The molecule has 11 nitrogen and oxygen atoms in total. The van der Waals surface area contributed by atoms with Crippen molar-refractivity contribution in [2.45, 2.75) is 65.6 Å². The van der Waals surface area contributed by atoms with E-state index in [2.05, 4.69) is 16.0 Å². The minimum absolute atomic E-state index is 0.149. The molecule has 3 aromatic rings. The van der Waals surface area contributed by atoms with Gasteiger partial charge in [0.15, 0.2) is 0 Å². The molecule has 0 spiro atoms. The first-order valence-electron chi connectivity index (χ1n) is 13.1. The van der Waals surface area contributed by atoms with E-state index in [0.717, 1.165) is 11.1 Å². The maximum absolute atomic E-state index is 12.6. The number of amides is 2. The highest BCUT2D eigenvalue weighted by molar-refractivity contribution is 5.98. The van der Waals surface area contributed by atoms with E-state index < -0.39 is 11.7 Å². The molecule has 0 radical (unpaired) electrons. The van der Waals surface area contributed by atoms with Gasteiger partial charge in [0, 0.05) is 36.5 Å². The standard InChI is InChI=1S/C28H36N6O5/c1-7-38-23(35)12-19-14-29-26(36)22-11-18(15-34(19)22)20-9-8-10-21-24(20)33-25(17(3)32-21)31-16(2)13-30-27(37)39-28(4,5)6/h8-11,15-16,19H,7,12-14H2,1-6H3,(H,29,36)(H,30,37)(H,31,33)/t16-,19?/m1/s1. The van der Waals surface area contributed by atoms with Crippen LogP contribution in [0.1, 0.15) is 63.3 Å². The van der Waals surface area contributed by atoms with Crippen LogP contribution in [0.15, 0.2) is 30.5 Å². The molecule has 1 aliphatic heterocycles. The van der Waals surface area contributed by atoms with Crippen molar-refractivity contribution in [1.82, 2.24) is 25.2 Å². The molecule has 11 heteroatoms. The monoisotopic (exact) mass is 536 g/mol. The average molecular weight is 537 g/mol. The fraction of sp³-hybridized carbons (Fsp3) is 0.464. The lowest BCUT2D eigenvalue weighted by molar-refractivity contribution is -0.144. The molecule has 0 aliphatic carbocycles. The Morgan fingerprint density at radius 1 is 1.26 bits per heavy atom. The number of alkyl carbamates (subject to hydrolysis) is 1. The predicted molar refractivity (Wildman–Crippen MR) is 148 cm³/mol. The van der Waals surface area contributed by atoms with Crippen molar-refractivity contribution >= 4 is 34.8 Å². The molecule has 1 aromatic carbocycles. The van der Waals surface area contributed by atoms with Gasteiger partial charge in [-0.3, -0.25) is 9.59 Å². The highest BCUT2D eigenvalue weighted by Crippen LogP contribution is 2.32. The molecule has 1 unspecified atom stereocenters. The Labute approximate surface area is 227 Å². The Kier molecular flexibility index (Phi) is 8.08. The van der Waals surface area contributed by atoms with Crippen LogP contribution in [0.3, 0.4) is 0 Å². The Hall–Kier alpha value is -4.15. The third kappa shape index (κ3) is 6.65. The summed E-state index contributed by atoms with van der Waals surface area (Å²) in [6.45, 7) is 12.0. The number of fused-ring (bicyclic) bond motifs is 2. The molecule has 0 saturated heterocycles. The summed E-state index contributed by atoms with van der Waals surface area (Å²) >= 11 is 0. The number of hydrogen-bond acceptors (Lipinski definition) is 8. The lowest BCUT2D eigenvalue weighted by Crippen LogP contribution is -2.39. The van der Waals surface area contributed by atoms with Crippen molar-refractivity contribution < 1.29 is 23.9 Å². The van der Waals surface area contributed by atoms with Crippen molar-refractivity contribution in [2.75, 3.05) is 25.0 Å². The second kappa shape index (κ2) is 11.3. The number of anilines is 1. The summed E-state index contributed by atoms with van der Waals surface area (Å²) in [4.78, 5) is 46.5. The van der Waals surface area contributed by atoms with E-state index in [9.17, 15) is 14.4 Å². The average Bonchev–Trinajstić information content (AvgIpc) is 3.30. The van der Waals surface area contributed by atoms with Crippen LogP contribution >= 0.6 is 0 Å². The quantitative estimate of drug-likeness (QED) is 0.368. The molecule has 1 aliphatic rings. The summed E-state index contributed by atoms with van der Waals surface area (Å²) in [5, 5.41) is 8.96. The molecule has 0 fully saturated rings. The summed E-state index contributed by atoms with van der Waals surface area (Å²) in [6, 6.07) is 7.14. The van der Waals surface area contributed by atoms with Gasteiger partial charge in [-0.1, -0.05) is 12.1 Å². The van der Waals surface area contributed by atoms with E-state index in [-0.39, 0.29) is 30.4 Å². The minimum Gasteiger partial charge on any atom is -0.466 e. The summed E-state index contributed by atoms with van der Waals surface area (Å²) in [5.41, 5.74) is 3.61. The number of ether oxygens (including phenoxy) is 2. The normalized spacial score (nSPS) is 15.7. The number of carbonyl (C=O) groups excluding carboxylic acids is 3. The molecule has 0 saturated carbocycles.